The number of morpholine rings is 1. The van der Waals surface area contributed by atoms with Crippen molar-refractivity contribution in [1.82, 2.24) is 19.7 Å². The van der Waals surface area contributed by atoms with Crippen LogP contribution < -0.4 is 4.74 Å². The molecule has 2 fully saturated rings. The fourth-order valence-corrected chi connectivity index (χ4v) is 3.54. The summed E-state index contributed by atoms with van der Waals surface area (Å²) in [5, 5.41) is 0. The second-order valence-electron chi connectivity index (χ2n) is 6.68. The number of likely N-dealkylation sites (N-methyl/N-ethyl adjacent to an activating group) is 1. The number of fused-ring (bicyclic) bond motifs is 1. The van der Waals surface area contributed by atoms with Crippen LogP contribution in [0, 0.1) is 0 Å². The SMILES string of the molecule is COc1ncccc1CN1C[C@H]2OCCN(CCN(C)C)[C@H]2C1. The number of pyridine rings is 1. The smallest absolute Gasteiger partial charge is 0.217 e. The molecule has 2 aliphatic heterocycles. The predicted molar refractivity (Wildman–Crippen MR) is 89.7 cm³/mol. The number of hydrogen-bond acceptors (Lipinski definition) is 6. The third-order valence-electron chi connectivity index (χ3n) is 4.76. The number of hydrogen-bond donors (Lipinski definition) is 0. The van der Waals surface area contributed by atoms with E-state index >= 15 is 0 Å². The van der Waals surface area contributed by atoms with E-state index in [2.05, 4.69) is 39.8 Å². The fourth-order valence-electron chi connectivity index (χ4n) is 3.54. The molecule has 2 aliphatic rings. The number of likely N-dealkylation sites (tertiary alicyclic amines) is 1. The Hall–Kier alpha value is -1.21. The van der Waals surface area contributed by atoms with Gasteiger partial charge in [-0.25, -0.2) is 4.98 Å². The summed E-state index contributed by atoms with van der Waals surface area (Å²) in [5.41, 5.74) is 1.15. The first kappa shape index (κ1) is 16.6. The molecule has 0 unspecified atom stereocenters. The summed E-state index contributed by atoms with van der Waals surface area (Å²) >= 11 is 0. The molecular formula is C17H28N4O2. The van der Waals surface area contributed by atoms with Crippen molar-refractivity contribution in [2.24, 2.45) is 0 Å². The molecule has 23 heavy (non-hydrogen) atoms. The highest BCUT2D eigenvalue weighted by Crippen LogP contribution is 2.25. The minimum absolute atomic E-state index is 0.327. The first-order chi connectivity index (χ1) is 11.2. The van der Waals surface area contributed by atoms with E-state index in [0.717, 1.165) is 57.3 Å². The van der Waals surface area contributed by atoms with Crippen LogP contribution in [-0.2, 0) is 11.3 Å². The van der Waals surface area contributed by atoms with E-state index in [1.807, 2.05) is 6.07 Å². The van der Waals surface area contributed by atoms with E-state index in [0.29, 0.717) is 12.1 Å². The van der Waals surface area contributed by atoms with Gasteiger partial charge in [0, 0.05) is 57.1 Å². The van der Waals surface area contributed by atoms with Crippen molar-refractivity contribution in [1.29, 1.82) is 0 Å². The van der Waals surface area contributed by atoms with E-state index in [9.17, 15) is 0 Å². The highest BCUT2D eigenvalue weighted by Gasteiger charge is 2.39. The topological polar surface area (TPSA) is 41.1 Å². The highest BCUT2D eigenvalue weighted by atomic mass is 16.5. The van der Waals surface area contributed by atoms with Gasteiger partial charge >= 0.3 is 0 Å². The first-order valence-electron chi connectivity index (χ1n) is 8.38. The van der Waals surface area contributed by atoms with Crippen molar-refractivity contribution >= 4 is 0 Å². The molecule has 0 radical (unpaired) electrons. The molecule has 2 atom stereocenters. The lowest BCUT2D eigenvalue weighted by Crippen LogP contribution is -2.52. The van der Waals surface area contributed by atoms with E-state index in [1.54, 1.807) is 13.3 Å². The van der Waals surface area contributed by atoms with Gasteiger partial charge in [-0.1, -0.05) is 6.07 Å². The number of rotatable bonds is 6. The quantitative estimate of drug-likeness (QED) is 0.762. The molecule has 2 saturated heterocycles. The van der Waals surface area contributed by atoms with Crippen LogP contribution in [-0.4, -0.2) is 92.4 Å². The summed E-state index contributed by atoms with van der Waals surface area (Å²) in [5.74, 6) is 0.729. The van der Waals surface area contributed by atoms with E-state index < -0.39 is 0 Å². The summed E-state index contributed by atoms with van der Waals surface area (Å²) < 4.78 is 11.4. The molecule has 0 bridgehead atoms. The van der Waals surface area contributed by atoms with Gasteiger partial charge in [0.2, 0.25) is 5.88 Å². The summed E-state index contributed by atoms with van der Waals surface area (Å²) in [6, 6.07) is 4.57. The lowest BCUT2D eigenvalue weighted by atomic mass is 10.1. The van der Waals surface area contributed by atoms with Gasteiger partial charge in [0.05, 0.1) is 19.8 Å². The molecule has 0 aliphatic carbocycles. The fraction of sp³-hybridized carbons (Fsp3) is 0.706. The second-order valence-corrected chi connectivity index (χ2v) is 6.68. The maximum Gasteiger partial charge on any atom is 0.217 e. The molecule has 128 valence electrons. The van der Waals surface area contributed by atoms with Gasteiger partial charge < -0.3 is 14.4 Å². The zero-order valence-electron chi connectivity index (χ0n) is 14.4. The molecule has 0 spiro atoms. The third-order valence-corrected chi connectivity index (χ3v) is 4.76. The van der Waals surface area contributed by atoms with Crippen LogP contribution in [0.4, 0.5) is 0 Å². The first-order valence-corrected chi connectivity index (χ1v) is 8.38. The second kappa shape index (κ2) is 7.57. The van der Waals surface area contributed by atoms with E-state index in [-0.39, 0.29) is 0 Å². The van der Waals surface area contributed by atoms with Gasteiger partial charge in [-0.15, -0.1) is 0 Å². The maximum absolute atomic E-state index is 6.02. The van der Waals surface area contributed by atoms with Crippen molar-refractivity contribution in [2.45, 2.75) is 18.7 Å². The van der Waals surface area contributed by atoms with Gasteiger partial charge in [-0.3, -0.25) is 9.80 Å². The number of methoxy groups -OCH3 is 1. The van der Waals surface area contributed by atoms with Crippen LogP contribution >= 0.6 is 0 Å². The number of ether oxygens (including phenoxy) is 2. The zero-order chi connectivity index (χ0) is 16.2. The third kappa shape index (κ3) is 4.01. The molecular weight excluding hydrogens is 292 g/mol. The standard InChI is InChI=1S/C17H28N4O2/c1-19(2)7-8-21-9-10-23-16-13-20(12-15(16)21)11-14-5-4-6-18-17(14)22-3/h4-6,15-16H,7-13H2,1-3H3/t15-,16+/m0/s1. The van der Waals surface area contributed by atoms with Gasteiger partial charge in [-0.05, 0) is 20.2 Å². The van der Waals surface area contributed by atoms with Crippen LogP contribution in [0.5, 0.6) is 5.88 Å². The number of aromatic nitrogens is 1. The van der Waals surface area contributed by atoms with Gasteiger partial charge in [0.25, 0.3) is 0 Å². The predicted octanol–water partition coefficient (Wildman–Crippen LogP) is 0.537. The molecule has 0 aromatic carbocycles. The Morgan fingerprint density at radius 3 is 3.04 bits per heavy atom. The van der Waals surface area contributed by atoms with Crippen LogP contribution in [0.25, 0.3) is 0 Å². The minimum Gasteiger partial charge on any atom is -0.481 e. The molecule has 0 amide bonds. The van der Waals surface area contributed by atoms with E-state index in [1.165, 1.54) is 0 Å². The zero-order valence-corrected chi connectivity index (χ0v) is 14.4. The van der Waals surface area contributed by atoms with Crippen molar-refractivity contribution < 1.29 is 9.47 Å². The summed E-state index contributed by atoms with van der Waals surface area (Å²) in [7, 11) is 5.95. The molecule has 0 N–H and O–H groups in total. The van der Waals surface area contributed by atoms with Crippen molar-refractivity contribution in [3.05, 3.63) is 23.9 Å². The van der Waals surface area contributed by atoms with Crippen molar-refractivity contribution in [3.63, 3.8) is 0 Å². The minimum atomic E-state index is 0.327. The Balaban J connectivity index is 1.62. The largest absolute Gasteiger partial charge is 0.481 e. The Labute approximate surface area is 139 Å². The lowest BCUT2D eigenvalue weighted by molar-refractivity contribution is -0.0483. The van der Waals surface area contributed by atoms with Crippen LogP contribution in [0.15, 0.2) is 18.3 Å². The Bertz CT molecular complexity index is 511. The Morgan fingerprint density at radius 1 is 1.39 bits per heavy atom. The average molecular weight is 320 g/mol. The maximum atomic E-state index is 6.02. The molecule has 6 heteroatoms. The summed E-state index contributed by atoms with van der Waals surface area (Å²) in [4.78, 5) is 11.6. The molecule has 3 heterocycles. The van der Waals surface area contributed by atoms with Gasteiger partial charge in [0.15, 0.2) is 0 Å². The summed E-state index contributed by atoms with van der Waals surface area (Å²) in [6.07, 6.45) is 2.10. The monoisotopic (exact) mass is 320 g/mol. The van der Waals surface area contributed by atoms with Gasteiger partial charge in [0.1, 0.15) is 0 Å². The Morgan fingerprint density at radius 2 is 2.26 bits per heavy atom. The molecule has 1 aromatic rings. The van der Waals surface area contributed by atoms with Crippen molar-refractivity contribution in [2.75, 3.05) is 60.5 Å². The van der Waals surface area contributed by atoms with E-state index in [4.69, 9.17) is 9.47 Å². The van der Waals surface area contributed by atoms with Crippen molar-refractivity contribution in [3.8, 4) is 5.88 Å². The van der Waals surface area contributed by atoms with Gasteiger partial charge in [-0.2, -0.15) is 0 Å². The molecule has 6 nitrogen and oxygen atoms in total. The van der Waals surface area contributed by atoms with Crippen LogP contribution in [0.2, 0.25) is 0 Å². The molecule has 1 aromatic heterocycles. The Kier molecular flexibility index (Phi) is 5.48. The number of nitrogens with zero attached hydrogens (tertiary/aromatic N) is 4. The molecule has 0 saturated carbocycles. The molecule has 3 rings (SSSR count). The summed E-state index contributed by atoms with van der Waals surface area (Å²) in [6.45, 7) is 7.01. The lowest BCUT2D eigenvalue weighted by Gasteiger charge is -2.37. The highest BCUT2D eigenvalue weighted by molar-refractivity contribution is 5.25. The van der Waals surface area contributed by atoms with Crippen LogP contribution in [0.1, 0.15) is 5.56 Å². The normalized spacial score (nSPS) is 25.7. The van der Waals surface area contributed by atoms with Crippen LogP contribution in [0.3, 0.4) is 0 Å². The average Bonchev–Trinajstić information content (AvgIpc) is 2.96.